The van der Waals surface area contributed by atoms with Gasteiger partial charge in [0, 0.05) is 6.07 Å². The highest BCUT2D eigenvalue weighted by Gasteiger charge is 2.30. The SMILES string of the molecule is CC(C)(C)OC(=O)c1c(N)cc(F)c(F)c1C(=O)O. The van der Waals surface area contributed by atoms with E-state index in [0.29, 0.717) is 6.07 Å². The second-order valence-electron chi connectivity index (χ2n) is 4.82. The van der Waals surface area contributed by atoms with Gasteiger partial charge in [-0.1, -0.05) is 0 Å². The number of anilines is 1. The third-order valence-corrected chi connectivity index (χ3v) is 2.07. The second kappa shape index (κ2) is 4.83. The average molecular weight is 273 g/mol. The molecule has 0 spiro atoms. The van der Waals surface area contributed by atoms with Gasteiger partial charge in [0.2, 0.25) is 0 Å². The van der Waals surface area contributed by atoms with Gasteiger partial charge in [0.15, 0.2) is 11.6 Å². The summed E-state index contributed by atoms with van der Waals surface area (Å²) in [6, 6.07) is 0.543. The summed E-state index contributed by atoms with van der Waals surface area (Å²) < 4.78 is 31.5. The van der Waals surface area contributed by atoms with Crippen LogP contribution in [0.25, 0.3) is 0 Å². The summed E-state index contributed by atoms with van der Waals surface area (Å²) in [5.74, 6) is -6.02. The molecule has 0 saturated carbocycles. The fourth-order valence-corrected chi connectivity index (χ4v) is 1.40. The Labute approximate surface area is 108 Å². The molecule has 0 aliphatic heterocycles. The maximum atomic E-state index is 13.5. The Balaban J connectivity index is 3.46. The van der Waals surface area contributed by atoms with Crippen molar-refractivity contribution in [1.82, 2.24) is 0 Å². The molecule has 5 nitrogen and oxygen atoms in total. The van der Waals surface area contributed by atoms with E-state index in [4.69, 9.17) is 15.6 Å². The molecule has 19 heavy (non-hydrogen) atoms. The third kappa shape index (κ3) is 3.18. The number of carbonyl (C=O) groups excluding carboxylic acids is 1. The molecule has 0 fully saturated rings. The highest BCUT2D eigenvalue weighted by Crippen LogP contribution is 2.26. The van der Waals surface area contributed by atoms with Crippen molar-refractivity contribution >= 4 is 17.6 Å². The Hall–Kier alpha value is -2.18. The van der Waals surface area contributed by atoms with E-state index in [9.17, 15) is 18.4 Å². The largest absolute Gasteiger partial charge is 0.478 e. The molecule has 0 amide bonds. The predicted molar refractivity (Wildman–Crippen MR) is 62.9 cm³/mol. The van der Waals surface area contributed by atoms with Gasteiger partial charge in [-0.25, -0.2) is 18.4 Å². The molecule has 0 aromatic heterocycles. The van der Waals surface area contributed by atoms with Gasteiger partial charge in [0.05, 0.1) is 5.69 Å². The van der Waals surface area contributed by atoms with Gasteiger partial charge in [0.1, 0.15) is 16.7 Å². The lowest BCUT2D eigenvalue weighted by Crippen LogP contribution is -2.26. The van der Waals surface area contributed by atoms with Crippen LogP contribution in [0.15, 0.2) is 6.07 Å². The first-order valence-electron chi connectivity index (χ1n) is 5.28. The Kier molecular flexibility index (Phi) is 3.78. The average Bonchev–Trinajstić information content (AvgIpc) is 2.19. The summed E-state index contributed by atoms with van der Waals surface area (Å²) in [6.07, 6.45) is 0. The maximum Gasteiger partial charge on any atom is 0.341 e. The van der Waals surface area contributed by atoms with Crippen LogP contribution in [0.3, 0.4) is 0 Å². The molecule has 0 radical (unpaired) electrons. The van der Waals surface area contributed by atoms with E-state index in [1.807, 2.05) is 0 Å². The van der Waals surface area contributed by atoms with Crippen LogP contribution in [-0.4, -0.2) is 22.6 Å². The number of rotatable bonds is 2. The number of carbonyl (C=O) groups is 2. The number of halogens is 2. The quantitative estimate of drug-likeness (QED) is 0.637. The smallest absolute Gasteiger partial charge is 0.341 e. The topological polar surface area (TPSA) is 89.6 Å². The van der Waals surface area contributed by atoms with Crippen molar-refractivity contribution in [2.75, 3.05) is 5.73 Å². The van der Waals surface area contributed by atoms with E-state index in [-0.39, 0.29) is 0 Å². The first kappa shape index (κ1) is 14.9. The first-order valence-corrected chi connectivity index (χ1v) is 5.28. The van der Waals surface area contributed by atoms with E-state index in [1.165, 1.54) is 0 Å². The first-order chi connectivity index (χ1) is 8.54. The molecule has 104 valence electrons. The lowest BCUT2D eigenvalue weighted by atomic mass is 10.0. The molecule has 1 aromatic rings. The van der Waals surface area contributed by atoms with E-state index in [1.54, 1.807) is 20.8 Å². The van der Waals surface area contributed by atoms with Crippen LogP contribution in [0.4, 0.5) is 14.5 Å². The molecule has 0 aliphatic rings. The minimum atomic E-state index is -1.80. The number of benzene rings is 1. The molecule has 0 aliphatic carbocycles. The van der Waals surface area contributed by atoms with Gasteiger partial charge in [-0.05, 0) is 20.8 Å². The van der Waals surface area contributed by atoms with Crippen molar-refractivity contribution in [2.24, 2.45) is 0 Å². The summed E-state index contributed by atoms with van der Waals surface area (Å²) in [7, 11) is 0. The summed E-state index contributed by atoms with van der Waals surface area (Å²) in [5, 5.41) is 8.87. The van der Waals surface area contributed by atoms with Crippen molar-refractivity contribution in [3.8, 4) is 0 Å². The van der Waals surface area contributed by atoms with Crippen LogP contribution in [0.5, 0.6) is 0 Å². The highest BCUT2D eigenvalue weighted by molar-refractivity contribution is 6.06. The van der Waals surface area contributed by atoms with Gasteiger partial charge in [0.25, 0.3) is 0 Å². The van der Waals surface area contributed by atoms with E-state index in [0.717, 1.165) is 0 Å². The van der Waals surface area contributed by atoms with Crippen molar-refractivity contribution in [2.45, 2.75) is 26.4 Å². The minimum Gasteiger partial charge on any atom is -0.478 e. The molecule has 0 saturated heterocycles. The lowest BCUT2D eigenvalue weighted by Gasteiger charge is -2.21. The summed E-state index contributed by atoms with van der Waals surface area (Å²) in [6.45, 7) is 4.63. The molecule has 0 atom stereocenters. The molecule has 1 aromatic carbocycles. The Morgan fingerprint density at radius 1 is 1.26 bits per heavy atom. The molecule has 0 bridgehead atoms. The van der Waals surface area contributed by atoms with Gasteiger partial charge >= 0.3 is 11.9 Å². The highest BCUT2D eigenvalue weighted by atomic mass is 19.2. The number of hydrogen-bond acceptors (Lipinski definition) is 4. The van der Waals surface area contributed by atoms with Gasteiger partial charge < -0.3 is 15.6 Å². The van der Waals surface area contributed by atoms with Crippen LogP contribution >= 0.6 is 0 Å². The zero-order chi connectivity index (χ0) is 15.0. The molecule has 0 heterocycles. The fourth-order valence-electron chi connectivity index (χ4n) is 1.40. The molecular formula is C12H13F2NO4. The van der Waals surface area contributed by atoms with Crippen molar-refractivity contribution < 1.29 is 28.2 Å². The molecule has 0 unspecified atom stereocenters. The van der Waals surface area contributed by atoms with Gasteiger partial charge in [-0.2, -0.15) is 0 Å². The number of hydrogen-bond donors (Lipinski definition) is 2. The van der Waals surface area contributed by atoms with Crippen molar-refractivity contribution in [1.29, 1.82) is 0 Å². The number of ether oxygens (including phenoxy) is 1. The number of carboxylic acid groups (broad SMARTS) is 1. The zero-order valence-corrected chi connectivity index (χ0v) is 10.6. The summed E-state index contributed by atoms with van der Waals surface area (Å²) in [5.41, 5.74) is 2.13. The van der Waals surface area contributed by atoms with Gasteiger partial charge in [-0.3, -0.25) is 0 Å². The molecule has 3 N–H and O–H groups in total. The fraction of sp³-hybridized carbons (Fsp3) is 0.333. The predicted octanol–water partition coefficient (Wildman–Crippen LogP) is 2.20. The van der Waals surface area contributed by atoms with Crippen molar-refractivity contribution in [3.05, 3.63) is 28.8 Å². The summed E-state index contributed by atoms with van der Waals surface area (Å²) >= 11 is 0. The molecular weight excluding hydrogens is 260 g/mol. The number of carboxylic acids is 1. The van der Waals surface area contributed by atoms with Crippen LogP contribution in [0.1, 0.15) is 41.5 Å². The third-order valence-electron chi connectivity index (χ3n) is 2.07. The standard InChI is InChI=1S/C12H13F2NO4/c1-12(2,3)19-11(18)7-6(15)4-5(13)9(14)8(7)10(16)17/h4H,15H2,1-3H3,(H,16,17). The second-order valence-corrected chi connectivity index (χ2v) is 4.82. The number of nitrogens with two attached hydrogens (primary N) is 1. The minimum absolute atomic E-state index is 0.495. The lowest BCUT2D eigenvalue weighted by molar-refractivity contribution is 0.00662. The normalized spacial score (nSPS) is 11.2. The Morgan fingerprint density at radius 3 is 2.21 bits per heavy atom. The Bertz CT molecular complexity index is 550. The van der Waals surface area contributed by atoms with Crippen LogP contribution in [-0.2, 0) is 4.74 Å². The van der Waals surface area contributed by atoms with Crippen LogP contribution in [0, 0.1) is 11.6 Å². The van der Waals surface area contributed by atoms with E-state index >= 15 is 0 Å². The number of aromatic carboxylic acids is 1. The van der Waals surface area contributed by atoms with E-state index < -0.39 is 46.0 Å². The maximum absolute atomic E-state index is 13.5. The molecule has 1 rings (SSSR count). The van der Waals surface area contributed by atoms with Gasteiger partial charge in [-0.15, -0.1) is 0 Å². The molecule has 7 heteroatoms. The van der Waals surface area contributed by atoms with Crippen LogP contribution < -0.4 is 5.73 Å². The summed E-state index contributed by atoms with van der Waals surface area (Å²) in [4.78, 5) is 22.8. The van der Waals surface area contributed by atoms with Crippen molar-refractivity contribution in [3.63, 3.8) is 0 Å². The van der Waals surface area contributed by atoms with Crippen LogP contribution in [0.2, 0.25) is 0 Å². The zero-order valence-electron chi connectivity index (χ0n) is 10.6. The number of esters is 1. The van der Waals surface area contributed by atoms with E-state index in [2.05, 4.69) is 0 Å². The monoisotopic (exact) mass is 273 g/mol. The Morgan fingerprint density at radius 2 is 1.79 bits per heavy atom. The number of nitrogen functional groups attached to an aromatic ring is 1.